The summed E-state index contributed by atoms with van der Waals surface area (Å²) in [5, 5.41) is 4.97. The van der Waals surface area contributed by atoms with Crippen molar-refractivity contribution >= 4 is 33.2 Å². The number of piperazine rings is 1. The van der Waals surface area contributed by atoms with Gasteiger partial charge in [0.05, 0.1) is 4.90 Å². The lowest BCUT2D eigenvalue weighted by Gasteiger charge is -2.33. The quantitative estimate of drug-likeness (QED) is 0.921. The van der Waals surface area contributed by atoms with E-state index in [4.69, 9.17) is 0 Å². The van der Waals surface area contributed by atoms with E-state index in [9.17, 15) is 8.42 Å². The van der Waals surface area contributed by atoms with Gasteiger partial charge in [-0.25, -0.2) is 8.42 Å². The van der Waals surface area contributed by atoms with Crippen LogP contribution in [0.3, 0.4) is 0 Å². The summed E-state index contributed by atoms with van der Waals surface area (Å²) in [6, 6.07) is 13.0. The maximum Gasteiger partial charge on any atom is 0.244 e. The predicted molar refractivity (Wildman–Crippen MR) is 87.4 cm³/mol. The van der Waals surface area contributed by atoms with Crippen LogP contribution in [0.4, 0.5) is 0 Å². The van der Waals surface area contributed by atoms with E-state index in [1.165, 1.54) is 0 Å². The summed E-state index contributed by atoms with van der Waals surface area (Å²) in [6.07, 6.45) is 0. The summed E-state index contributed by atoms with van der Waals surface area (Å²) >= 11 is 0. The summed E-state index contributed by atoms with van der Waals surface area (Å²) in [4.78, 5) is 0.407. The van der Waals surface area contributed by atoms with Gasteiger partial charge in [-0.1, -0.05) is 36.4 Å². The molecule has 0 aromatic heterocycles. The van der Waals surface area contributed by atoms with Crippen molar-refractivity contribution < 1.29 is 8.42 Å². The smallest absolute Gasteiger partial charge is 0.244 e. The van der Waals surface area contributed by atoms with Crippen LogP contribution >= 0.6 is 12.4 Å². The maximum absolute atomic E-state index is 12.9. The maximum atomic E-state index is 12.9. The molecule has 114 valence electrons. The zero-order chi connectivity index (χ0) is 14.2. The molecule has 1 heterocycles. The van der Waals surface area contributed by atoms with Crippen molar-refractivity contribution in [3.8, 4) is 0 Å². The van der Waals surface area contributed by atoms with Crippen LogP contribution in [0.1, 0.15) is 6.92 Å². The first-order valence-corrected chi connectivity index (χ1v) is 8.25. The number of benzene rings is 2. The van der Waals surface area contributed by atoms with E-state index in [1.54, 1.807) is 10.4 Å². The Kier molecular flexibility index (Phi) is 4.88. The molecule has 1 N–H and O–H groups in total. The van der Waals surface area contributed by atoms with Gasteiger partial charge in [-0.3, -0.25) is 0 Å². The van der Waals surface area contributed by atoms with Crippen LogP contribution in [-0.2, 0) is 10.0 Å². The minimum atomic E-state index is -3.44. The Bertz CT molecular complexity index is 728. The van der Waals surface area contributed by atoms with Gasteiger partial charge in [0.1, 0.15) is 0 Å². The number of fused-ring (bicyclic) bond motifs is 1. The molecular formula is C15H19ClN2O2S. The van der Waals surface area contributed by atoms with Crippen LogP contribution in [0.25, 0.3) is 10.8 Å². The van der Waals surface area contributed by atoms with Crippen LogP contribution in [0.5, 0.6) is 0 Å². The van der Waals surface area contributed by atoms with Gasteiger partial charge in [0.2, 0.25) is 10.0 Å². The van der Waals surface area contributed by atoms with Crippen LogP contribution in [0.15, 0.2) is 47.4 Å². The molecule has 2 aromatic rings. The molecule has 1 saturated heterocycles. The fourth-order valence-corrected chi connectivity index (χ4v) is 4.57. The first-order valence-electron chi connectivity index (χ1n) is 6.81. The minimum Gasteiger partial charge on any atom is -0.314 e. The molecule has 6 heteroatoms. The van der Waals surface area contributed by atoms with Crippen molar-refractivity contribution in [2.75, 3.05) is 19.6 Å². The molecule has 1 unspecified atom stereocenters. The normalized spacial score (nSPS) is 20.1. The molecule has 0 spiro atoms. The highest BCUT2D eigenvalue weighted by atomic mass is 35.5. The number of nitrogens with zero attached hydrogens (tertiary/aromatic N) is 1. The third kappa shape index (κ3) is 2.92. The highest BCUT2D eigenvalue weighted by Crippen LogP contribution is 2.27. The van der Waals surface area contributed by atoms with Crippen molar-refractivity contribution in [2.45, 2.75) is 17.9 Å². The second-order valence-corrected chi connectivity index (χ2v) is 7.01. The van der Waals surface area contributed by atoms with Crippen LogP contribution in [-0.4, -0.2) is 38.4 Å². The Morgan fingerprint density at radius 2 is 1.86 bits per heavy atom. The van der Waals surface area contributed by atoms with Gasteiger partial charge >= 0.3 is 0 Å². The molecule has 0 bridgehead atoms. The average molecular weight is 327 g/mol. The Hall–Kier alpha value is -1.14. The second kappa shape index (κ2) is 6.32. The average Bonchev–Trinajstić information content (AvgIpc) is 2.47. The number of rotatable bonds is 2. The zero-order valence-electron chi connectivity index (χ0n) is 11.8. The molecule has 4 nitrogen and oxygen atoms in total. The topological polar surface area (TPSA) is 49.4 Å². The molecule has 2 aromatic carbocycles. The summed E-state index contributed by atoms with van der Waals surface area (Å²) in [7, 11) is -3.44. The number of halogens is 1. The van der Waals surface area contributed by atoms with Gasteiger partial charge in [-0.2, -0.15) is 4.31 Å². The molecule has 1 aliphatic heterocycles. The largest absolute Gasteiger partial charge is 0.314 e. The first-order chi connectivity index (χ1) is 9.60. The molecule has 0 radical (unpaired) electrons. The Labute approximate surface area is 131 Å². The van der Waals surface area contributed by atoms with Crippen LogP contribution in [0.2, 0.25) is 0 Å². The van der Waals surface area contributed by atoms with Gasteiger partial charge in [-0.15, -0.1) is 12.4 Å². The van der Waals surface area contributed by atoms with E-state index in [0.717, 1.165) is 10.8 Å². The Morgan fingerprint density at radius 1 is 1.14 bits per heavy atom. The summed E-state index contributed by atoms with van der Waals surface area (Å²) < 4.78 is 27.4. The van der Waals surface area contributed by atoms with Crippen molar-refractivity contribution in [3.05, 3.63) is 42.5 Å². The first kappa shape index (κ1) is 16.2. The van der Waals surface area contributed by atoms with E-state index in [1.807, 2.05) is 43.3 Å². The van der Waals surface area contributed by atoms with Gasteiger partial charge in [0.25, 0.3) is 0 Å². The summed E-state index contributed by atoms with van der Waals surface area (Å²) in [6.45, 7) is 3.86. The third-order valence-electron chi connectivity index (χ3n) is 3.78. The lowest BCUT2D eigenvalue weighted by molar-refractivity contribution is 0.284. The third-order valence-corrected chi connectivity index (χ3v) is 5.85. The molecule has 0 saturated carbocycles. The fraction of sp³-hybridized carbons (Fsp3) is 0.333. The van der Waals surface area contributed by atoms with Crippen molar-refractivity contribution in [1.29, 1.82) is 0 Å². The lowest BCUT2D eigenvalue weighted by Crippen LogP contribution is -2.52. The number of hydrogen-bond acceptors (Lipinski definition) is 3. The van der Waals surface area contributed by atoms with Crippen molar-refractivity contribution in [1.82, 2.24) is 9.62 Å². The Morgan fingerprint density at radius 3 is 2.62 bits per heavy atom. The SMILES string of the molecule is CC1CNCCN1S(=O)(=O)c1cccc2ccccc12.Cl. The molecule has 1 atom stereocenters. The highest BCUT2D eigenvalue weighted by molar-refractivity contribution is 7.89. The summed E-state index contributed by atoms with van der Waals surface area (Å²) in [5.41, 5.74) is 0. The van der Waals surface area contributed by atoms with Gasteiger partial charge in [-0.05, 0) is 18.4 Å². The summed E-state index contributed by atoms with van der Waals surface area (Å²) in [5.74, 6) is 0. The standard InChI is InChI=1S/C15H18N2O2S.ClH/c1-12-11-16-9-10-17(12)20(18,19)15-8-4-6-13-5-2-3-7-14(13)15;/h2-8,12,16H,9-11H2,1H3;1H. The van der Waals surface area contributed by atoms with Crippen molar-refractivity contribution in [3.63, 3.8) is 0 Å². The molecule has 3 rings (SSSR count). The second-order valence-electron chi connectivity index (χ2n) is 5.15. The van der Waals surface area contributed by atoms with Crippen LogP contribution in [0, 0.1) is 0 Å². The molecule has 0 amide bonds. The predicted octanol–water partition coefficient (Wildman–Crippen LogP) is 2.24. The Balaban J connectivity index is 0.00000161. The number of nitrogens with one attached hydrogen (secondary N) is 1. The molecule has 1 fully saturated rings. The van der Waals surface area contributed by atoms with Gasteiger partial charge < -0.3 is 5.32 Å². The molecule has 0 aliphatic carbocycles. The van der Waals surface area contributed by atoms with E-state index >= 15 is 0 Å². The number of sulfonamides is 1. The monoisotopic (exact) mass is 326 g/mol. The van der Waals surface area contributed by atoms with E-state index in [2.05, 4.69) is 5.32 Å². The van der Waals surface area contributed by atoms with E-state index < -0.39 is 10.0 Å². The van der Waals surface area contributed by atoms with Gasteiger partial charge in [0, 0.05) is 31.1 Å². The van der Waals surface area contributed by atoms with Gasteiger partial charge in [0.15, 0.2) is 0 Å². The highest BCUT2D eigenvalue weighted by Gasteiger charge is 2.31. The lowest BCUT2D eigenvalue weighted by atomic mass is 10.1. The number of hydrogen-bond donors (Lipinski definition) is 1. The molecule has 1 aliphatic rings. The van der Waals surface area contributed by atoms with Crippen LogP contribution < -0.4 is 5.32 Å². The van der Waals surface area contributed by atoms with E-state index in [0.29, 0.717) is 24.5 Å². The minimum absolute atomic E-state index is 0. The zero-order valence-corrected chi connectivity index (χ0v) is 13.5. The molecular weight excluding hydrogens is 308 g/mol. The van der Waals surface area contributed by atoms with E-state index in [-0.39, 0.29) is 18.4 Å². The fourth-order valence-electron chi connectivity index (χ4n) is 2.73. The molecule has 21 heavy (non-hydrogen) atoms. The van der Waals surface area contributed by atoms with Crippen molar-refractivity contribution in [2.24, 2.45) is 0 Å².